The summed E-state index contributed by atoms with van der Waals surface area (Å²) in [7, 11) is -3.59. The number of hydrazone groups is 1. The normalized spacial score (nSPS) is 12.6. The van der Waals surface area contributed by atoms with Crippen LogP contribution in [0.2, 0.25) is 20.1 Å². The number of aryl methyl sites for hydroxylation is 3. The Kier molecular flexibility index (Phi) is 26.5. The van der Waals surface area contributed by atoms with Gasteiger partial charge in [-0.15, -0.1) is 0 Å². The number of sulfonamides is 1. The number of carbonyl (C=O) groups excluding carboxylic acids is 5. The van der Waals surface area contributed by atoms with Gasteiger partial charge < -0.3 is 25.4 Å². The SMILES string of the molecule is CCCCCCCCCCCCCCCCS(=O)(=O)Nc1ccc(Cl)c(NC(=O)C(Oc2ccc(C)cc2)C(=O)C(C)(C)C)c1.Cc1ccc(OCC(=O)Nc2cccc(C(=O)NC3=NN(c4c(Cl)cc(Cl)cc4Cl)C(=O)C3)c2)c(C)c1. The number of Topliss-reactive ketones (excluding diaryl/α,β-unsaturated/α-hetero) is 1. The highest BCUT2D eigenvalue weighted by molar-refractivity contribution is 7.92. The Morgan fingerprint density at radius 1 is 0.671 bits per heavy atom. The molecule has 1 heterocycles. The number of amides is 4. The topological polar surface area (TPSA) is 202 Å². The van der Waals surface area contributed by atoms with Crippen LogP contribution in [0.15, 0.2) is 102 Å². The van der Waals surface area contributed by atoms with Gasteiger partial charge in [0.25, 0.3) is 23.6 Å². The lowest BCUT2D eigenvalue weighted by molar-refractivity contribution is -0.140. The molecular formula is C62H76Cl4N6O9S. The third-order valence-corrected chi connectivity index (χ3v) is 15.6. The summed E-state index contributed by atoms with van der Waals surface area (Å²) in [4.78, 5) is 64.2. The number of ketones is 1. The van der Waals surface area contributed by atoms with Gasteiger partial charge in [0.1, 0.15) is 23.0 Å². The van der Waals surface area contributed by atoms with Gasteiger partial charge in [-0.3, -0.25) is 28.7 Å². The molecular weight excluding hydrogens is 1150 g/mol. The van der Waals surface area contributed by atoms with Crippen molar-refractivity contribution in [1.29, 1.82) is 0 Å². The summed E-state index contributed by atoms with van der Waals surface area (Å²) in [5.41, 5.74) is 3.49. The monoisotopic (exact) mass is 1220 g/mol. The molecule has 82 heavy (non-hydrogen) atoms. The molecule has 0 fully saturated rings. The quantitative estimate of drug-likeness (QED) is 0.0278. The second-order valence-corrected chi connectivity index (χ2v) is 24.9. The largest absolute Gasteiger partial charge is 0.483 e. The molecule has 5 aromatic carbocycles. The van der Waals surface area contributed by atoms with E-state index in [9.17, 15) is 32.4 Å². The standard InChI is InChI=1S/C36H55ClN2O5S.C26H21Cl3N4O4/c1-6-7-8-9-10-11-12-13-14-15-16-17-18-19-26-45(42,43)39-29-22-25-31(37)32(27-29)38-35(41)33(34(40)36(3,4)5)44-30-23-20-28(2)21-24-30;1-14-6-7-21(15(2)8-14)37-13-23(34)30-18-5-3-4-16(9-18)26(36)31-22-12-24(35)33(32-22)25-19(28)10-17(27)11-20(25)29/h20-25,27,33,39H,6-19,26H2,1-5H3,(H,38,41);3-11H,12-13H2,1-2H3,(H,30,34)(H,31,32,36). The van der Waals surface area contributed by atoms with Crippen LogP contribution in [0.1, 0.15) is 151 Å². The summed E-state index contributed by atoms with van der Waals surface area (Å²) in [5.74, 6) is -1.27. The number of rotatable bonds is 28. The lowest BCUT2D eigenvalue weighted by atomic mass is 9.87. The Labute approximate surface area is 503 Å². The van der Waals surface area contributed by atoms with Crippen LogP contribution in [0, 0.1) is 26.2 Å². The highest BCUT2D eigenvalue weighted by Crippen LogP contribution is 2.38. The molecule has 4 N–H and O–H groups in total. The van der Waals surface area contributed by atoms with Gasteiger partial charge in [0.05, 0.1) is 38.6 Å². The van der Waals surface area contributed by atoms with E-state index in [0.717, 1.165) is 41.0 Å². The van der Waals surface area contributed by atoms with Gasteiger partial charge in [0.15, 0.2) is 12.4 Å². The van der Waals surface area contributed by atoms with Crippen LogP contribution >= 0.6 is 46.4 Å². The first-order valence-electron chi connectivity index (χ1n) is 27.8. The van der Waals surface area contributed by atoms with Crippen molar-refractivity contribution in [3.63, 3.8) is 0 Å². The predicted molar refractivity (Wildman–Crippen MR) is 333 cm³/mol. The molecule has 0 aliphatic carbocycles. The molecule has 5 aromatic rings. The van der Waals surface area contributed by atoms with E-state index in [2.05, 4.69) is 32.7 Å². The fourth-order valence-corrected chi connectivity index (χ4v) is 10.9. The van der Waals surface area contributed by atoms with E-state index in [0.29, 0.717) is 28.6 Å². The van der Waals surface area contributed by atoms with Gasteiger partial charge in [-0.05, 0) is 99.5 Å². The van der Waals surface area contributed by atoms with Gasteiger partial charge in [-0.2, -0.15) is 10.1 Å². The number of nitrogens with zero attached hydrogens (tertiary/aromatic N) is 2. The van der Waals surface area contributed by atoms with Crippen molar-refractivity contribution >= 4 is 114 Å². The summed E-state index contributed by atoms with van der Waals surface area (Å²) in [6.07, 6.45) is 15.2. The molecule has 0 saturated carbocycles. The Balaban J connectivity index is 0.000000306. The highest BCUT2D eigenvalue weighted by atomic mass is 35.5. The number of carbonyl (C=O) groups is 5. The van der Waals surface area contributed by atoms with Gasteiger partial charge in [-0.25, -0.2) is 8.42 Å². The Hall–Kier alpha value is -6.17. The third kappa shape index (κ3) is 22.2. The minimum absolute atomic E-state index is 0.0158. The van der Waals surface area contributed by atoms with Crippen molar-refractivity contribution in [2.75, 3.05) is 32.7 Å². The molecule has 1 aliphatic heterocycles. The average Bonchev–Trinajstić information content (AvgIpc) is 3.79. The highest BCUT2D eigenvalue weighted by Gasteiger charge is 2.37. The van der Waals surface area contributed by atoms with Gasteiger partial charge >= 0.3 is 0 Å². The zero-order chi connectivity index (χ0) is 60.0. The maximum absolute atomic E-state index is 13.3. The Bertz CT molecular complexity index is 3130. The molecule has 15 nitrogen and oxygen atoms in total. The zero-order valence-electron chi connectivity index (χ0n) is 47.8. The summed E-state index contributed by atoms with van der Waals surface area (Å²) < 4.78 is 39.6. The van der Waals surface area contributed by atoms with E-state index >= 15 is 0 Å². The summed E-state index contributed by atoms with van der Waals surface area (Å²) >= 11 is 24.7. The van der Waals surface area contributed by atoms with Gasteiger partial charge in [0.2, 0.25) is 16.1 Å². The number of unbranched alkanes of at least 4 members (excludes halogenated alkanes) is 13. The first kappa shape index (κ1) is 66.6. The lowest BCUT2D eigenvalue weighted by Crippen LogP contribution is -2.45. The summed E-state index contributed by atoms with van der Waals surface area (Å²) in [5, 5.41) is 14.0. The van der Waals surface area contributed by atoms with Crippen LogP contribution in [0.25, 0.3) is 0 Å². The molecule has 20 heteroatoms. The van der Waals surface area contributed by atoms with Crippen molar-refractivity contribution in [3.8, 4) is 11.5 Å². The molecule has 6 rings (SSSR count). The second-order valence-electron chi connectivity index (χ2n) is 21.4. The molecule has 1 atom stereocenters. The van der Waals surface area contributed by atoms with E-state index < -0.39 is 45.0 Å². The van der Waals surface area contributed by atoms with E-state index in [1.165, 1.54) is 94.5 Å². The third-order valence-electron chi connectivity index (χ3n) is 13.1. The van der Waals surface area contributed by atoms with Crippen LogP contribution in [0.3, 0.4) is 0 Å². The number of nitrogens with one attached hydrogen (secondary N) is 4. The summed E-state index contributed by atoms with van der Waals surface area (Å²) in [6.45, 7) is 13.0. The number of anilines is 4. The number of hydrogen-bond acceptors (Lipinski definition) is 10. The molecule has 4 amide bonds. The van der Waals surface area contributed by atoms with E-state index in [-0.39, 0.29) is 68.2 Å². The van der Waals surface area contributed by atoms with Crippen LogP contribution in [0.5, 0.6) is 11.5 Å². The molecule has 0 saturated heterocycles. The maximum atomic E-state index is 13.3. The maximum Gasteiger partial charge on any atom is 0.273 e. The fourth-order valence-electron chi connectivity index (χ4n) is 8.63. The molecule has 0 bridgehead atoms. The number of ether oxygens (including phenoxy) is 2. The molecule has 1 unspecified atom stereocenters. The van der Waals surface area contributed by atoms with Crippen molar-refractivity contribution in [3.05, 3.63) is 139 Å². The minimum atomic E-state index is -3.59. The van der Waals surface area contributed by atoms with E-state index in [1.54, 1.807) is 57.2 Å². The Morgan fingerprint density at radius 3 is 1.87 bits per heavy atom. The number of hydrogen-bond donors (Lipinski definition) is 4. The average molecular weight is 1220 g/mol. The molecule has 442 valence electrons. The zero-order valence-corrected chi connectivity index (χ0v) is 51.7. The fraction of sp³-hybridized carbons (Fsp3) is 0.419. The number of amidine groups is 1. The molecule has 0 spiro atoms. The predicted octanol–water partition coefficient (Wildman–Crippen LogP) is 15.6. The van der Waals surface area contributed by atoms with Crippen LogP contribution < -0.4 is 35.2 Å². The minimum Gasteiger partial charge on any atom is -0.483 e. The van der Waals surface area contributed by atoms with Gasteiger partial charge in [-0.1, -0.05) is 199 Å². The van der Waals surface area contributed by atoms with Crippen molar-refractivity contribution in [1.82, 2.24) is 5.32 Å². The van der Waals surface area contributed by atoms with Crippen LogP contribution in [-0.2, 0) is 29.2 Å². The molecule has 0 aromatic heterocycles. The number of benzene rings is 5. The van der Waals surface area contributed by atoms with E-state index in [4.69, 9.17) is 55.9 Å². The summed E-state index contributed by atoms with van der Waals surface area (Å²) in [6, 6.07) is 26.5. The second kappa shape index (κ2) is 32.6. The molecule has 0 radical (unpaired) electrons. The van der Waals surface area contributed by atoms with Crippen LogP contribution in [0.4, 0.5) is 22.7 Å². The van der Waals surface area contributed by atoms with E-state index in [1.807, 2.05) is 51.1 Å². The van der Waals surface area contributed by atoms with Crippen LogP contribution in [-0.4, -0.2) is 62.1 Å². The first-order valence-corrected chi connectivity index (χ1v) is 30.9. The smallest absolute Gasteiger partial charge is 0.273 e. The van der Waals surface area contributed by atoms with Crippen molar-refractivity contribution in [2.24, 2.45) is 10.5 Å². The lowest BCUT2D eigenvalue weighted by Gasteiger charge is -2.25. The Morgan fingerprint density at radius 2 is 1.27 bits per heavy atom. The van der Waals surface area contributed by atoms with Crippen molar-refractivity contribution < 1.29 is 41.9 Å². The molecule has 1 aliphatic rings. The van der Waals surface area contributed by atoms with Gasteiger partial charge in [0, 0.05) is 21.7 Å². The number of halogens is 4. The van der Waals surface area contributed by atoms with Crippen molar-refractivity contribution in [2.45, 2.75) is 151 Å². The first-order chi connectivity index (χ1) is 38.9.